The van der Waals surface area contributed by atoms with Crippen LogP contribution < -0.4 is 16.0 Å². The summed E-state index contributed by atoms with van der Waals surface area (Å²) in [6, 6.07) is 10.8. The lowest BCUT2D eigenvalue weighted by Crippen LogP contribution is -2.50. The molecule has 2 aromatic heterocycles. The van der Waals surface area contributed by atoms with Gasteiger partial charge in [-0.15, -0.1) is 0 Å². The standard InChI is InChI=1S/C23H26FN5O2/c1-14(22(30)27-13-20-21(24)17-12-25-8-7-18(17)29-20)28-23(31)19-10-16(11-26-19)9-15-5-3-2-4-6-15/h2-8,12,14,16,19,26,29H,9-11,13H2,1H3,(H,27,30)(H,28,31)/t14-,16-,19+/m0/s1. The molecular weight excluding hydrogens is 397 g/mol. The average molecular weight is 423 g/mol. The largest absolute Gasteiger partial charge is 0.354 e. The van der Waals surface area contributed by atoms with Gasteiger partial charge in [0.2, 0.25) is 11.8 Å². The van der Waals surface area contributed by atoms with E-state index in [0.717, 1.165) is 19.4 Å². The molecule has 0 radical (unpaired) electrons. The Balaban J connectivity index is 1.25. The molecular formula is C23H26FN5O2. The van der Waals surface area contributed by atoms with E-state index in [2.05, 4.69) is 38.1 Å². The number of benzene rings is 1. The number of carbonyl (C=O) groups is 2. The number of pyridine rings is 1. The number of aromatic amines is 1. The molecule has 4 rings (SSSR count). The maximum absolute atomic E-state index is 14.4. The summed E-state index contributed by atoms with van der Waals surface area (Å²) in [6.45, 7) is 2.39. The molecule has 0 spiro atoms. The minimum absolute atomic E-state index is 0.000382. The van der Waals surface area contributed by atoms with Crippen LogP contribution in [-0.4, -0.2) is 40.4 Å². The second kappa shape index (κ2) is 9.26. The smallest absolute Gasteiger partial charge is 0.242 e. The van der Waals surface area contributed by atoms with Gasteiger partial charge in [-0.2, -0.15) is 0 Å². The number of nitrogens with one attached hydrogen (secondary N) is 4. The molecule has 1 aliphatic rings. The molecule has 3 aromatic rings. The van der Waals surface area contributed by atoms with Gasteiger partial charge in [-0.1, -0.05) is 30.3 Å². The number of amides is 2. The quantitative estimate of drug-likeness (QED) is 0.467. The van der Waals surface area contributed by atoms with E-state index in [9.17, 15) is 14.0 Å². The molecule has 8 heteroatoms. The van der Waals surface area contributed by atoms with Gasteiger partial charge in [-0.05, 0) is 43.9 Å². The zero-order chi connectivity index (χ0) is 21.8. The minimum Gasteiger partial charge on any atom is -0.354 e. The first-order valence-corrected chi connectivity index (χ1v) is 10.5. The highest BCUT2D eigenvalue weighted by Gasteiger charge is 2.30. The number of fused-ring (bicyclic) bond motifs is 1. The summed E-state index contributed by atoms with van der Waals surface area (Å²) in [6.07, 6.45) is 4.65. The summed E-state index contributed by atoms with van der Waals surface area (Å²) in [7, 11) is 0. The monoisotopic (exact) mass is 423 g/mol. The second-order valence-corrected chi connectivity index (χ2v) is 8.04. The molecule has 7 nitrogen and oxygen atoms in total. The molecule has 3 atom stereocenters. The van der Waals surface area contributed by atoms with Crippen molar-refractivity contribution in [2.24, 2.45) is 5.92 Å². The second-order valence-electron chi connectivity index (χ2n) is 8.04. The molecule has 1 aliphatic heterocycles. The molecule has 0 aliphatic carbocycles. The fraction of sp³-hybridized carbons (Fsp3) is 0.348. The maximum Gasteiger partial charge on any atom is 0.242 e. The lowest BCUT2D eigenvalue weighted by molar-refractivity contribution is -0.129. The van der Waals surface area contributed by atoms with Crippen LogP contribution in [0.1, 0.15) is 24.6 Å². The van der Waals surface area contributed by atoms with Crippen molar-refractivity contribution in [1.82, 2.24) is 25.9 Å². The Labute approximate surface area is 179 Å². The van der Waals surface area contributed by atoms with Crippen LogP contribution in [0.5, 0.6) is 0 Å². The van der Waals surface area contributed by atoms with Crippen LogP contribution in [-0.2, 0) is 22.6 Å². The fourth-order valence-corrected chi connectivity index (χ4v) is 4.00. The third kappa shape index (κ3) is 4.91. The van der Waals surface area contributed by atoms with E-state index in [1.54, 1.807) is 19.2 Å². The van der Waals surface area contributed by atoms with Gasteiger partial charge >= 0.3 is 0 Å². The normalized spacial score (nSPS) is 19.3. The molecule has 3 heterocycles. The number of H-pyrrole nitrogens is 1. The number of hydrogen-bond donors (Lipinski definition) is 4. The molecule has 0 unspecified atom stereocenters. The van der Waals surface area contributed by atoms with Crippen LogP contribution in [0, 0.1) is 11.7 Å². The number of rotatable bonds is 7. The summed E-state index contributed by atoms with van der Waals surface area (Å²) >= 11 is 0. The number of carbonyl (C=O) groups excluding carboxylic acids is 2. The molecule has 31 heavy (non-hydrogen) atoms. The highest BCUT2D eigenvalue weighted by atomic mass is 19.1. The van der Waals surface area contributed by atoms with E-state index in [0.29, 0.717) is 16.8 Å². The SMILES string of the molecule is C[C@H](NC(=O)[C@H]1C[C@H](Cc2ccccc2)CN1)C(=O)NCc1[nH]c2ccncc2c1F. The van der Waals surface area contributed by atoms with Crippen LogP contribution in [0.15, 0.2) is 48.8 Å². The highest BCUT2D eigenvalue weighted by Crippen LogP contribution is 2.20. The first-order valence-electron chi connectivity index (χ1n) is 10.5. The van der Waals surface area contributed by atoms with Crippen molar-refractivity contribution in [3.8, 4) is 0 Å². The van der Waals surface area contributed by atoms with Crippen molar-refractivity contribution < 1.29 is 14.0 Å². The van der Waals surface area contributed by atoms with E-state index in [1.165, 1.54) is 11.8 Å². The first kappa shape index (κ1) is 21.0. The van der Waals surface area contributed by atoms with Gasteiger partial charge in [0.15, 0.2) is 5.82 Å². The van der Waals surface area contributed by atoms with Crippen molar-refractivity contribution in [2.75, 3.05) is 6.54 Å². The fourth-order valence-electron chi connectivity index (χ4n) is 4.00. The van der Waals surface area contributed by atoms with Gasteiger partial charge < -0.3 is 20.9 Å². The summed E-state index contributed by atoms with van der Waals surface area (Å²) in [5.74, 6) is -0.620. The number of halogens is 1. The van der Waals surface area contributed by atoms with Gasteiger partial charge in [0.1, 0.15) is 6.04 Å². The van der Waals surface area contributed by atoms with Gasteiger partial charge in [0.25, 0.3) is 0 Å². The molecule has 2 amide bonds. The van der Waals surface area contributed by atoms with Gasteiger partial charge in [0, 0.05) is 12.4 Å². The van der Waals surface area contributed by atoms with Crippen LogP contribution in [0.2, 0.25) is 0 Å². The number of nitrogens with zero attached hydrogens (tertiary/aromatic N) is 1. The highest BCUT2D eigenvalue weighted by molar-refractivity contribution is 5.89. The Morgan fingerprint density at radius 3 is 2.84 bits per heavy atom. The zero-order valence-electron chi connectivity index (χ0n) is 17.3. The van der Waals surface area contributed by atoms with Crippen molar-refractivity contribution in [3.05, 3.63) is 65.9 Å². The predicted molar refractivity (Wildman–Crippen MR) is 116 cm³/mol. The van der Waals surface area contributed by atoms with Crippen LogP contribution >= 0.6 is 0 Å². The Bertz CT molecular complexity index is 1070. The average Bonchev–Trinajstić information content (AvgIpc) is 3.37. The Morgan fingerprint density at radius 1 is 1.26 bits per heavy atom. The van der Waals surface area contributed by atoms with Crippen LogP contribution in [0.3, 0.4) is 0 Å². The third-order valence-electron chi connectivity index (χ3n) is 5.71. The first-order chi connectivity index (χ1) is 15.0. The Morgan fingerprint density at radius 2 is 2.06 bits per heavy atom. The van der Waals surface area contributed by atoms with Crippen molar-refractivity contribution >= 4 is 22.7 Å². The van der Waals surface area contributed by atoms with E-state index in [4.69, 9.17) is 0 Å². The van der Waals surface area contributed by atoms with Crippen molar-refractivity contribution in [3.63, 3.8) is 0 Å². The maximum atomic E-state index is 14.4. The predicted octanol–water partition coefficient (Wildman–Crippen LogP) is 2.04. The summed E-state index contributed by atoms with van der Waals surface area (Å²) in [5.41, 5.74) is 2.15. The van der Waals surface area contributed by atoms with Crippen LogP contribution in [0.25, 0.3) is 10.9 Å². The molecule has 0 bridgehead atoms. The molecule has 0 saturated carbocycles. The van der Waals surface area contributed by atoms with E-state index in [-0.39, 0.29) is 30.1 Å². The Hall–Kier alpha value is -3.26. The van der Waals surface area contributed by atoms with Gasteiger partial charge in [-0.25, -0.2) is 4.39 Å². The molecule has 1 aromatic carbocycles. The lowest BCUT2D eigenvalue weighted by Gasteiger charge is -2.17. The van der Waals surface area contributed by atoms with Crippen molar-refractivity contribution in [1.29, 1.82) is 0 Å². The molecule has 4 N–H and O–H groups in total. The zero-order valence-corrected chi connectivity index (χ0v) is 17.3. The number of hydrogen-bond acceptors (Lipinski definition) is 4. The van der Waals surface area contributed by atoms with Crippen molar-refractivity contribution in [2.45, 2.75) is 38.4 Å². The molecule has 1 fully saturated rings. The Kier molecular flexibility index (Phi) is 6.27. The topological polar surface area (TPSA) is 98.9 Å². The summed E-state index contributed by atoms with van der Waals surface area (Å²) in [5, 5.41) is 9.06. The molecule has 1 saturated heterocycles. The summed E-state index contributed by atoms with van der Waals surface area (Å²) in [4.78, 5) is 31.8. The third-order valence-corrected chi connectivity index (χ3v) is 5.71. The lowest BCUT2D eigenvalue weighted by atomic mass is 9.96. The van der Waals surface area contributed by atoms with Crippen LogP contribution in [0.4, 0.5) is 4.39 Å². The summed E-state index contributed by atoms with van der Waals surface area (Å²) < 4.78 is 14.4. The number of aromatic nitrogens is 2. The van der Waals surface area contributed by atoms with Gasteiger partial charge in [0.05, 0.1) is 29.2 Å². The minimum atomic E-state index is -0.725. The van der Waals surface area contributed by atoms with E-state index in [1.807, 2.05) is 18.2 Å². The van der Waals surface area contributed by atoms with E-state index >= 15 is 0 Å². The van der Waals surface area contributed by atoms with E-state index < -0.39 is 11.9 Å². The molecule has 162 valence electrons. The van der Waals surface area contributed by atoms with Gasteiger partial charge in [-0.3, -0.25) is 14.6 Å².